The fourth-order valence-corrected chi connectivity index (χ4v) is 2.76. The number of halogens is 2. The van der Waals surface area contributed by atoms with Crippen LogP contribution >= 0.6 is 0 Å². The van der Waals surface area contributed by atoms with Crippen molar-refractivity contribution in [3.8, 4) is 0 Å². The molecule has 0 radical (unpaired) electrons. The van der Waals surface area contributed by atoms with Gasteiger partial charge in [-0.05, 0) is 38.1 Å². The molecule has 1 aromatic carbocycles. The Hall–Kier alpha value is -1.73. The molecular weight excluding hydrogens is 292 g/mol. The number of aliphatic hydroxyl groups is 1. The zero-order valence-electron chi connectivity index (χ0n) is 12.6. The maximum absolute atomic E-state index is 13.4. The van der Waals surface area contributed by atoms with Crippen LogP contribution in [-0.4, -0.2) is 48.3 Å². The molecule has 2 rings (SSSR count). The number of amides is 2. The van der Waals surface area contributed by atoms with Gasteiger partial charge in [-0.15, -0.1) is 0 Å². The van der Waals surface area contributed by atoms with Gasteiger partial charge in [-0.3, -0.25) is 4.90 Å². The van der Waals surface area contributed by atoms with Gasteiger partial charge >= 0.3 is 6.03 Å². The fourth-order valence-electron chi connectivity index (χ4n) is 2.76. The van der Waals surface area contributed by atoms with Crippen LogP contribution in [-0.2, 0) is 0 Å². The smallest absolute Gasteiger partial charge is 0.315 e. The molecule has 5 nitrogen and oxygen atoms in total. The van der Waals surface area contributed by atoms with Crippen LogP contribution in [0.2, 0.25) is 0 Å². The van der Waals surface area contributed by atoms with E-state index in [9.17, 15) is 13.6 Å². The molecule has 3 unspecified atom stereocenters. The van der Waals surface area contributed by atoms with E-state index < -0.39 is 11.6 Å². The second-order valence-electron chi connectivity index (χ2n) is 5.70. The number of nitrogens with zero attached hydrogens (tertiary/aromatic N) is 1. The Kier molecular flexibility index (Phi) is 5.31. The molecule has 1 aromatic rings. The largest absolute Gasteiger partial charge is 0.394 e. The number of aliphatic hydroxyl groups excluding tert-OH is 1. The summed E-state index contributed by atoms with van der Waals surface area (Å²) < 4.78 is 26.5. The highest BCUT2D eigenvalue weighted by molar-refractivity contribution is 5.74. The third-order valence-electron chi connectivity index (χ3n) is 3.90. The highest BCUT2D eigenvalue weighted by atomic mass is 19.2. The number of carbonyl (C=O) groups excluding carboxylic acids is 1. The third-order valence-corrected chi connectivity index (χ3v) is 3.90. The molecule has 1 aliphatic rings. The Labute approximate surface area is 128 Å². The lowest BCUT2D eigenvalue weighted by molar-refractivity contribution is 0.213. The van der Waals surface area contributed by atoms with Crippen LogP contribution in [0, 0.1) is 11.6 Å². The predicted octanol–water partition coefficient (Wildman–Crippen LogP) is 1.39. The standard InChI is InChI=1S/C15H21F2N3O2/c1-9(8-21)18-15(22)19-13-5-6-20(2)14(13)10-3-4-11(16)12(17)7-10/h3-4,7,9,13-14,21H,5-6,8H2,1-2H3,(H2,18,19,22). The van der Waals surface area contributed by atoms with Crippen molar-refractivity contribution in [2.45, 2.75) is 31.5 Å². The number of likely N-dealkylation sites (N-methyl/N-ethyl adjacent to an activating group) is 1. The number of hydrogen-bond donors (Lipinski definition) is 3. The summed E-state index contributed by atoms with van der Waals surface area (Å²) in [5, 5.41) is 14.4. The van der Waals surface area contributed by atoms with Gasteiger partial charge in [0.25, 0.3) is 0 Å². The Morgan fingerprint density at radius 3 is 2.82 bits per heavy atom. The maximum Gasteiger partial charge on any atom is 0.315 e. The quantitative estimate of drug-likeness (QED) is 0.787. The van der Waals surface area contributed by atoms with E-state index in [1.165, 1.54) is 12.1 Å². The molecule has 1 saturated heterocycles. The molecule has 0 spiro atoms. The van der Waals surface area contributed by atoms with E-state index in [1.807, 2.05) is 11.9 Å². The van der Waals surface area contributed by atoms with Crippen molar-refractivity contribution in [2.75, 3.05) is 20.2 Å². The van der Waals surface area contributed by atoms with Crippen LogP contribution in [0.4, 0.5) is 13.6 Å². The molecule has 1 aliphatic heterocycles. The van der Waals surface area contributed by atoms with Gasteiger partial charge in [0.05, 0.1) is 24.7 Å². The van der Waals surface area contributed by atoms with Gasteiger partial charge in [0.1, 0.15) is 0 Å². The molecule has 3 atom stereocenters. The van der Waals surface area contributed by atoms with Gasteiger partial charge in [-0.2, -0.15) is 0 Å². The number of benzene rings is 1. The molecule has 1 fully saturated rings. The SMILES string of the molecule is CC(CO)NC(=O)NC1CCN(C)C1c1ccc(F)c(F)c1. The second-order valence-corrected chi connectivity index (χ2v) is 5.70. The minimum absolute atomic E-state index is 0.148. The summed E-state index contributed by atoms with van der Waals surface area (Å²) in [6, 6.07) is 2.65. The molecule has 122 valence electrons. The molecule has 2 amide bonds. The predicted molar refractivity (Wildman–Crippen MR) is 78.3 cm³/mol. The van der Waals surface area contributed by atoms with E-state index in [-0.39, 0.29) is 30.8 Å². The summed E-state index contributed by atoms with van der Waals surface area (Å²) in [5.41, 5.74) is 0.624. The summed E-state index contributed by atoms with van der Waals surface area (Å²) in [4.78, 5) is 13.9. The summed E-state index contributed by atoms with van der Waals surface area (Å²) in [6.45, 7) is 2.28. The molecule has 0 aliphatic carbocycles. The topological polar surface area (TPSA) is 64.6 Å². The summed E-state index contributed by atoms with van der Waals surface area (Å²) in [7, 11) is 1.88. The summed E-state index contributed by atoms with van der Waals surface area (Å²) in [5.74, 6) is -1.78. The first-order valence-corrected chi connectivity index (χ1v) is 7.25. The van der Waals surface area contributed by atoms with E-state index in [0.717, 1.165) is 12.6 Å². The first-order chi connectivity index (χ1) is 10.4. The average molecular weight is 313 g/mol. The second kappa shape index (κ2) is 7.02. The van der Waals surface area contributed by atoms with Crippen molar-refractivity contribution in [2.24, 2.45) is 0 Å². The van der Waals surface area contributed by atoms with Crippen LogP contribution in [0.3, 0.4) is 0 Å². The molecule has 0 saturated carbocycles. The van der Waals surface area contributed by atoms with Gasteiger partial charge in [-0.25, -0.2) is 13.6 Å². The van der Waals surface area contributed by atoms with Gasteiger partial charge in [0.15, 0.2) is 11.6 Å². The van der Waals surface area contributed by atoms with Crippen LogP contribution in [0.1, 0.15) is 24.9 Å². The number of nitrogens with one attached hydrogen (secondary N) is 2. The van der Waals surface area contributed by atoms with Crippen molar-refractivity contribution in [1.29, 1.82) is 0 Å². The van der Waals surface area contributed by atoms with Gasteiger partial charge < -0.3 is 15.7 Å². The lowest BCUT2D eigenvalue weighted by Crippen LogP contribution is -2.47. The van der Waals surface area contributed by atoms with Crippen LogP contribution in [0.25, 0.3) is 0 Å². The lowest BCUT2D eigenvalue weighted by atomic mass is 10.00. The lowest BCUT2D eigenvalue weighted by Gasteiger charge is -2.26. The van der Waals surface area contributed by atoms with Crippen molar-refractivity contribution < 1.29 is 18.7 Å². The van der Waals surface area contributed by atoms with Crippen molar-refractivity contribution in [3.63, 3.8) is 0 Å². The fraction of sp³-hybridized carbons (Fsp3) is 0.533. The molecular formula is C15H21F2N3O2. The summed E-state index contributed by atoms with van der Waals surface area (Å²) in [6.07, 6.45) is 0.709. The Bertz CT molecular complexity index is 542. The van der Waals surface area contributed by atoms with Crippen molar-refractivity contribution in [3.05, 3.63) is 35.4 Å². The Morgan fingerprint density at radius 1 is 1.45 bits per heavy atom. The number of urea groups is 1. The zero-order valence-corrected chi connectivity index (χ0v) is 12.6. The van der Waals surface area contributed by atoms with Crippen LogP contribution < -0.4 is 10.6 Å². The normalized spacial score (nSPS) is 23.3. The van der Waals surface area contributed by atoms with Crippen molar-refractivity contribution >= 4 is 6.03 Å². The third kappa shape index (κ3) is 3.72. The first-order valence-electron chi connectivity index (χ1n) is 7.25. The highest BCUT2D eigenvalue weighted by Crippen LogP contribution is 2.31. The van der Waals surface area contributed by atoms with Crippen LogP contribution in [0.15, 0.2) is 18.2 Å². The van der Waals surface area contributed by atoms with Crippen molar-refractivity contribution in [1.82, 2.24) is 15.5 Å². The molecule has 3 N–H and O–H groups in total. The monoisotopic (exact) mass is 313 g/mol. The highest BCUT2D eigenvalue weighted by Gasteiger charge is 2.34. The Balaban J connectivity index is 2.10. The first kappa shape index (κ1) is 16.6. The van der Waals surface area contributed by atoms with E-state index in [0.29, 0.717) is 12.0 Å². The van der Waals surface area contributed by atoms with Gasteiger partial charge in [-0.1, -0.05) is 6.07 Å². The number of carbonyl (C=O) groups is 1. The van der Waals surface area contributed by atoms with E-state index in [1.54, 1.807) is 6.92 Å². The molecule has 7 heteroatoms. The molecule has 0 bridgehead atoms. The molecule has 22 heavy (non-hydrogen) atoms. The van der Waals surface area contributed by atoms with E-state index >= 15 is 0 Å². The van der Waals surface area contributed by atoms with Crippen LogP contribution in [0.5, 0.6) is 0 Å². The summed E-state index contributed by atoms with van der Waals surface area (Å²) >= 11 is 0. The maximum atomic E-state index is 13.4. The minimum Gasteiger partial charge on any atom is -0.394 e. The number of hydrogen-bond acceptors (Lipinski definition) is 3. The molecule has 0 aromatic heterocycles. The van der Waals surface area contributed by atoms with Gasteiger partial charge in [0.2, 0.25) is 0 Å². The number of rotatable bonds is 4. The zero-order chi connectivity index (χ0) is 16.3. The average Bonchev–Trinajstić information content (AvgIpc) is 2.82. The molecule has 1 heterocycles. The van der Waals surface area contributed by atoms with E-state index in [4.69, 9.17) is 5.11 Å². The number of likely N-dealkylation sites (tertiary alicyclic amines) is 1. The Morgan fingerprint density at radius 2 is 2.18 bits per heavy atom. The minimum atomic E-state index is -0.894. The van der Waals surface area contributed by atoms with Gasteiger partial charge in [0, 0.05) is 6.54 Å². The van der Waals surface area contributed by atoms with E-state index in [2.05, 4.69) is 10.6 Å².